The molecule has 0 spiro atoms. The van der Waals surface area contributed by atoms with Gasteiger partial charge in [-0.05, 0) is 38.5 Å². The van der Waals surface area contributed by atoms with Crippen molar-refractivity contribution in [1.29, 1.82) is 0 Å². The molecule has 1 amide bonds. The van der Waals surface area contributed by atoms with Crippen LogP contribution in [-0.4, -0.2) is 63.2 Å². The monoisotopic (exact) mass is 564 g/mol. The maximum absolute atomic E-state index is 13.7. The standard InChI is InChI=1S/C23H27Cl3N2O6S/c1-13-9-11-17(12-10-13)35(32,33)28-15(3)20(16-7-5-4-6-8-16)34-21(28)19(30)18(29)14(2)27-22(31)23(24,25)26/h4-12,14-15,18-21,29-30H,1-3H3,(H,27,31)/t14-,15+,18-,19+,20+,21-/m1/s1. The number of benzene rings is 2. The molecule has 2 aromatic rings. The Hall–Kier alpha value is -1.43. The Bertz CT molecular complexity index is 1130. The molecule has 1 aliphatic heterocycles. The number of rotatable bonds is 7. The molecule has 1 heterocycles. The van der Waals surface area contributed by atoms with Gasteiger partial charge in [-0.15, -0.1) is 0 Å². The maximum atomic E-state index is 13.7. The zero-order chi connectivity index (χ0) is 26.1. The highest BCUT2D eigenvalue weighted by Gasteiger charge is 2.52. The lowest BCUT2D eigenvalue weighted by Crippen LogP contribution is -2.56. The van der Waals surface area contributed by atoms with Gasteiger partial charge in [-0.3, -0.25) is 4.79 Å². The van der Waals surface area contributed by atoms with Crippen molar-refractivity contribution in [3.63, 3.8) is 0 Å². The number of carbonyl (C=O) groups excluding carboxylic acids is 1. The van der Waals surface area contributed by atoms with Crippen molar-refractivity contribution in [2.75, 3.05) is 0 Å². The normalized spacial score (nSPS) is 24.1. The molecule has 3 rings (SSSR count). The maximum Gasteiger partial charge on any atom is 0.272 e. The number of ether oxygens (including phenoxy) is 1. The molecule has 0 bridgehead atoms. The average molecular weight is 566 g/mol. The molecule has 3 N–H and O–H groups in total. The summed E-state index contributed by atoms with van der Waals surface area (Å²) in [6.45, 7) is 4.88. The number of aryl methyl sites for hydroxylation is 1. The third kappa shape index (κ3) is 6.11. The van der Waals surface area contributed by atoms with Crippen LogP contribution in [0.3, 0.4) is 0 Å². The predicted molar refractivity (Wildman–Crippen MR) is 134 cm³/mol. The largest absolute Gasteiger partial charge is 0.388 e. The van der Waals surface area contributed by atoms with E-state index >= 15 is 0 Å². The van der Waals surface area contributed by atoms with Crippen molar-refractivity contribution >= 4 is 50.7 Å². The van der Waals surface area contributed by atoms with Crippen molar-refractivity contribution in [3.05, 3.63) is 65.7 Å². The zero-order valence-corrected chi connectivity index (χ0v) is 22.3. The topological polar surface area (TPSA) is 116 Å². The van der Waals surface area contributed by atoms with E-state index in [1.54, 1.807) is 43.3 Å². The molecule has 12 heteroatoms. The number of halogens is 3. The van der Waals surface area contributed by atoms with Crippen LogP contribution in [0, 0.1) is 6.92 Å². The molecule has 0 aromatic heterocycles. The summed E-state index contributed by atoms with van der Waals surface area (Å²) in [5.41, 5.74) is 1.58. The Kier molecular flexibility index (Phi) is 8.77. The van der Waals surface area contributed by atoms with Crippen LogP contribution < -0.4 is 5.32 Å². The summed E-state index contributed by atoms with van der Waals surface area (Å²) in [6.07, 6.45) is -5.61. The van der Waals surface area contributed by atoms with Crippen LogP contribution in [0.2, 0.25) is 0 Å². The van der Waals surface area contributed by atoms with Crippen molar-refractivity contribution < 1.29 is 28.2 Å². The van der Waals surface area contributed by atoms with Crippen LogP contribution >= 0.6 is 34.8 Å². The van der Waals surface area contributed by atoms with Gasteiger partial charge < -0.3 is 20.3 Å². The molecule has 0 unspecified atom stereocenters. The van der Waals surface area contributed by atoms with E-state index in [0.717, 1.165) is 9.87 Å². The molecule has 1 aliphatic rings. The van der Waals surface area contributed by atoms with Gasteiger partial charge in [-0.1, -0.05) is 82.8 Å². The Morgan fingerprint density at radius 2 is 1.66 bits per heavy atom. The minimum Gasteiger partial charge on any atom is -0.388 e. The second-order valence-electron chi connectivity index (χ2n) is 8.49. The molecule has 2 aromatic carbocycles. The molecule has 0 radical (unpaired) electrons. The average Bonchev–Trinajstić information content (AvgIpc) is 3.16. The molecular weight excluding hydrogens is 539 g/mol. The van der Waals surface area contributed by atoms with Gasteiger partial charge in [0.1, 0.15) is 18.3 Å². The Balaban J connectivity index is 1.97. The number of alkyl halides is 3. The fourth-order valence-corrected chi connectivity index (χ4v) is 5.83. The van der Waals surface area contributed by atoms with E-state index in [2.05, 4.69) is 5.32 Å². The number of sulfonamides is 1. The summed E-state index contributed by atoms with van der Waals surface area (Å²) in [5, 5.41) is 24.2. The quantitative estimate of drug-likeness (QED) is 0.445. The highest BCUT2D eigenvalue weighted by molar-refractivity contribution is 7.89. The Morgan fingerprint density at radius 3 is 2.20 bits per heavy atom. The molecular formula is C23H27Cl3N2O6S. The highest BCUT2D eigenvalue weighted by atomic mass is 35.6. The third-order valence-corrected chi connectivity index (χ3v) is 8.35. The number of aliphatic hydroxyl groups excluding tert-OH is 2. The third-order valence-electron chi connectivity index (χ3n) is 5.87. The van der Waals surface area contributed by atoms with Crippen LogP contribution in [0.4, 0.5) is 0 Å². The fraction of sp³-hybridized carbons (Fsp3) is 0.435. The summed E-state index contributed by atoms with van der Waals surface area (Å²) < 4.78 is 32.2. The van der Waals surface area contributed by atoms with Gasteiger partial charge in [0.25, 0.3) is 9.70 Å². The van der Waals surface area contributed by atoms with Crippen molar-refractivity contribution in [1.82, 2.24) is 9.62 Å². The lowest BCUT2D eigenvalue weighted by Gasteiger charge is -2.33. The summed E-state index contributed by atoms with van der Waals surface area (Å²) in [5.74, 6) is -1.01. The van der Waals surface area contributed by atoms with Crippen molar-refractivity contribution in [3.8, 4) is 0 Å². The van der Waals surface area contributed by atoms with E-state index in [0.29, 0.717) is 5.56 Å². The van der Waals surface area contributed by atoms with Gasteiger partial charge in [-0.2, -0.15) is 4.31 Å². The van der Waals surface area contributed by atoms with Crippen LogP contribution in [0.25, 0.3) is 0 Å². The second-order valence-corrected chi connectivity index (χ2v) is 12.6. The smallest absolute Gasteiger partial charge is 0.272 e. The number of nitrogens with one attached hydrogen (secondary N) is 1. The summed E-state index contributed by atoms with van der Waals surface area (Å²) in [6, 6.07) is 13.4. The van der Waals surface area contributed by atoms with E-state index in [1.165, 1.54) is 19.1 Å². The number of nitrogens with zero attached hydrogens (tertiary/aromatic N) is 1. The molecule has 1 saturated heterocycles. The molecule has 0 saturated carbocycles. The first kappa shape index (κ1) is 28.1. The van der Waals surface area contributed by atoms with Crippen molar-refractivity contribution in [2.24, 2.45) is 0 Å². The van der Waals surface area contributed by atoms with E-state index in [-0.39, 0.29) is 4.90 Å². The van der Waals surface area contributed by atoms with Crippen LogP contribution in [0.1, 0.15) is 31.1 Å². The summed E-state index contributed by atoms with van der Waals surface area (Å²) >= 11 is 16.7. The van der Waals surface area contributed by atoms with E-state index in [4.69, 9.17) is 39.5 Å². The summed E-state index contributed by atoms with van der Waals surface area (Å²) in [4.78, 5) is 12.0. The lowest BCUT2D eigenvalue weighted by atomic mass is 10.0. The molecule has 192 valence electrons. The highest BCUT2D eigenvalue weighted by Crippen LogP contribution is 2.40. The first-order valence-electron chi connectivity index (χ1n) is 10.8. The molecule has 35 heavy (non-hydrogen) atoms. The van der Waals surface area contributed by atoms with E-state index in [1.807, 2.05) is 13.0 Å². The number of aliphatic hydroxyl groups is 2. The lowest BCUT2D eigenvalue weighted by molar-refractivity contribution is -0.128. The first-order valence-corrected chi connectivity index (χ1v) is 13.4. The number of carbonyl (C=O) groups is 1. The second kappa shape index (κ2) is 10.9. The van der Waals surface area contributed by atoms with E-state index in [9.17, 15) is 23.4 Å². The number of hydrogen-bond acceptors (Lipinski definition) is 6. The molecule has 6 atom stereocenters. The van der Waals surface area contributed by atoms with Gasteiger partial charge in [0.2, 0.25) is 10.0 Å². The number of amides is 1. The van der Waals surface area contributed by atoms with Crippen LogP contribution in [0.15, 0.2) is 59.5 Å². The van der Waals surface area contributed by atoms with Gasteiger partial charge in [-0.25, -0.2) is 8.42 Å². The SMILES string of the molecule is Cc1ccc(S(=O)(=O)N2[C@@H]([C@@H](O)[C@H](O)[C@@H](C)NC(=O)C(Cl)(Cl)Cl)O[C@H](c3ccccc3)[C@@H]2C)cc1. The van der Waals surface area contributed by atoms with Gasteiger partial charge in [0, 0.05) is 0 Å². The fourth-order valence-electron chi connectivity index (χ4n) is 3.95. The molecule has 0 aliphatic carbocycles. The number of hydrogen-bond donors (Lipinski definition) is 3. The summed E-state index contributed by atoms with van der Waals surface area (Å²) in [7, 11) is -4.16. The van der Waals surface area contributed by atoms with Gasteiger partial charge in [0.05, 0.1) is 17.0 Å². The Labute approximate surface area is 219 Å². The molecule has 1 fully saturated rings. The predicted octanol–water partition coefficient (Wildman–Crippen LogP) is 3.07. The zero-order valence-electron chi connectivity index (χ0n) is 19.2. The molecule has 8 nitrogen and oxygen atoms in total. The van der Waals surface area contributed by atoms with Crippen LogP contribution in [0.5, 0.6) is 0 Å². The van der Waals surface area contributed by atoms with Gasteiger partial charge in [0.15, 0.2) is 6.23 Å². The minimum absolute atomic E-state index is 0.0107. The minimum atomic E-state index is -4.16. The Morgan fingerprint density at radius 1 is 1.09 bits per heavy atom. The van der Waals surface area contributed by atoms with Crippen molar-refractivity contribution in [2.45, 2.75) is 66.1 Å². The van der Waals surface area contributed by atoms with Crippen LogP contribution in [-0.2, 0) is 19.6 Å². The van der Waals surface area contributed by atoms with E-state index < -0.39 is 56.3 Å². The van der Waals surface area contributed by atoms with Gasteiger partial charge >= 0.3 is 0 Å². The first-order chi connectivity index (χ1) is 16.2.